The van der Waals surface area contributed by atoms with Gasteiger partial charge in [0.2, 0.25) is 11.8 Å². The average molecular weight is 544 g/mol. The number of carboxylic acid groups (broad SMARTS) is 1. The van der Waals surface area contributed by atoms with Crippen molar-refractivity contribution in [2.75, 3.05) is 18.5 Å². The van der Waals surface area contributed by atoms with E-state index in [-0.39, 0.29) is 34.4 Å². The summed E-state index contributed by atoms with van der Waals surface area (Å²) in [7, 11) is 0. The summed E-state index contributed by atoms with van der Waals surface area (Å²) >= 11 is 1.21. The lowest BCUT2D eigenvalue weighted by atomic mass is 9.76. The summed E-state index contributed by atoms with van der Waals surface area (Å²) in [6, 6.07) is 6.10. The van der Waals surface area contributed by atoms with E-state index in [1.54, 1.807) is 12.1 Å². The maximum Gasteiger partial charge on any atom is 0.345 e. The number of likely N-dealkylation sites (tertiary alicyclic amines) is 1. The normalized spacial score (nSPS) is 27.4. The lowest BCUT2D eigenvalue weighted by molar-refractivity contribution is -0.142. The third kappa shape index (κ3) is 5.59. The van der Waals surface area contributed by atoms with Gasteiger partial charge in [0.05, 0.1) is 0 Å². The molecule has 1 aromatic heterocycles. The summed E-state index contributed by atoms with van der Waals surface area (Å²) in [5.41, 5.74) is 6.54. The summed E-state index contributed by atoms with van der Waals surface area (Å²) in [6.45, 7) is 0.0586. The van der Waals surface area contributed by atoms with Crippen molar-refractivity contribution < 1.29 is 23.9 Å². The zero-order chi connectivity index (χ0) is 26.8. The van der Waals surface area contributed by atoms with Crippen molar-refractivity contribution in [3.63, 3.8) is 0 Å². The molecule has 4 N–H and O–H groups in total. The molecule has 0 radical (unpaired) electrons. The number of nitrogens with zero attached hydrogens (tertiary/aromatic N) is 1. The molecule has 1 saturated heterocycles. The van der Waals surface area contributed by atoms with E-state index >= 15 is 0 Å². The lowest BCUT2D eigenvalue weighted by Crippen LogP contribution is -2.50. The van der Waals surface area contributed by atoms with Gasteiger partial charge in [-0.15, -0.1) is 11.3 Å². The number of halogens is 1. The fourth-order valence-corrected chi connectivity index (χ4v) is 7.93. The number of hydrogen-bond acceptors (Lipinski definition) is 5. The number of carboxylic acids is 1. The summed E-state index contributed by atoms with van der Waals surface area (Å²) in [6.07, 6.45) is 9.48. The summed E-state index contributed by atoms with van der Waals surface area (Å²) in [5, 5.41) is 13.2. The number of alkyl halides is 1. The second-order valence-corrected chi connectivity index (χ2v) is 12.5. The minimum Gasteiger partial charge on any atom is -0.477 e. The second-order valence-electron chi connectivity index (χ2n) is 11.4. The third-order valence-electron chi connectivity index (χ3n) is 9.15. The molecule has 9 heteroatoms. The molecule has 5 rings (SSSR count). The third-order valence-corrected chi connectivity index (χ3v) is 10.3. The van der Waals surface area contributed by atoms with Gasteiger partial charge in [-0.2, -0.15) is 0 Å². The van der Waals surface area contributed by atoms with Crippen LogP contribution in [-0.4, -0.2) is 53.1 Å². The first-order chi connectivity index (χ1) is 18.4. The van der Waals surface area contributed by atoms with Crippen LogP contribution in [0, 0.1) is 23.7 Å². The number of amides is 2. The maximum atomic E-state index is 13.8. The molecule has 7 nitrogen and oxygen atoms in total. The fraction of sp³-hybridized carbons (Fsp3) is 0.621. The van der Waals surface area contributed by atoms with Gasteiger partial charge in [0.25, 0.3) is 0 Å². The zero-order valence-electron chi connectivity index (χ0n) is 21.7. The van der Waals surface area contributed by atoms with Gasteiger partial charge in [0.15, 0.2) is 0 Å². The van der Waals surface area contributed by atoms with Gasteiger partial charge in [-0.25, -0.2) is 9.18 Å². The molecule has 3 aliphatic rings. The van der Waals surface area contributed by atoms with Crippen LogP contribution in [0.3, 0.4) is 0 Å². The zero-order valence-corrected chi connectivity index (χ0v) is 22.6. The van der Waals surface area contributed by atoms with Crippen LogP contribution < -0.4 is 11.1 Å². The summed E-state index contributed by atoms with van der Waals surface area (Å²) < 4.78 is 13.9. The van der Waals surface area contributed by atoms with Gasteiger partial charge in [-0.3, -0.25) is 9.59 Å². The number of anilines is 1. The molecule has 3 atom stereocenters. The number of nitrogens with two attached hydrogens (primary N) is 1. The quantitative estimate of drug-likeness (QED) is 0.431. The molecule has 1 aliphatic heterocycles. The van der Waals surface area contributed by atoms with E-state index in [2.05, 4.69) is 5.32 Å². The highest BCUT2D eigenvalue weighted by atomic mass is 32.1. The molecule has 0 unspecified atom stereocenters. The van der Waals surface area contributed by atoms with E-state index in [0.717, 1.165) is 42.2 Å². The molecule has 0 bridgehead atoms. The van der Waals surface area contributed by atoms with Crippen LogP contribution in [-0.2, 0) is 9.59 Å². The standard InChI is InChI=1S/C29H38FN3O4S/c30-16-23(31)18-6-8-19(9-7-18)28(35)33-13-12-22(17-4-2-1-3-5-17)26(33)27(34)32-21-10-11-24-20(14-21)15-25(38-24)29(36)37/h10-11,14-15,17-19,22-23,26H,1-9,12-13,16,31H2,(H,32,34)(H,36,37)/t18?,19?,22-,23+,26-/m0/s1. The van der Waals surface area contributed by atoms with Gasteiger partial charge in [0, 0.05) is 28.9 Å². The van der Waals surface area contributed by atoms with E-state index in [1.807, 2.05) is 17.0 Å². The minimum absolute atomic E-state index is 0.0510. The number of thiophene rings is 1. The van der Waals surface area contributed by atoms with Crippen LogP contribution in [0.25, 0.3) is 10.1 Å². The van der Waals surface area contributed by atoms with E-state index in [0.29, 0.717) is 31.0 Å². The Morgan fingerprint density at radius 1 is 1.05 bits per heavy atom. The predicted octanol–water partition coefficient (Wildman–Crippen LogP) is 5.44. The van der Waals surface area contributed by atoms with Crippen molar-refractivity contribution in [2.45, 2.75) is 76.3 Å². The molecule has 2 amide bonds. The van der Waals surface area contributed by atoms with E-state index in [1.165, 1.54) is 30.6 Å². The molecular formula is C29H38FN3O4S. The van der Waals surface area contributed by atoms with Gasteiger partial charge in [-0.05, 0) is 79.5 Å². The van der Waals surface area contributed by atoms with Crippen molar-refractivity contribution in [2.24, 2.45) is 29.4 Å². The molecule has 38 heavy (non-hydrogen) atoms. The van der Waals surface area contributed by atoms with E-state index < -0.39 is 24.7 Å². The van der Waals surface area contributed by atoms with Crippen molar-refractivity contribution in [3.05, 3.63) is 29.1 Å². The SMILES string of the molecule is N[C@H](CF)C1CCC(C(=O)N2CC[C@@H](C3CCCCC3)[C@H]2C(=O)Nc2ccc3sc(C(=O)O)cc3c2)CC1. The highest BCUT2D eigenvalue weighted by Crippen LogP contribution is 2.41. The van der Waals surface area contributed by atoms with Crippen molar-refractivity contribution in [1.82, 2.24) is 4.90 Å². The molecule has 3 fully saturated rings. The monoisotopic (exact) mass is 543 g/mol. The Morgan fingerprint density at radius 3 is 2.47 bits per heavy atom. The Hall–Kier alpha value is -2.52. The first-order valence-electron chi connectivity index (χ1n) is 14.1. The van der Waals surface area contributed by atoms with Crippen molar-refractivity contribution in [1.29, 1.82) is 0 Å². The maximum absolute atomic E-state index is 13.8. The molecular weight excluding hydrogens is 505 g/mol. The first-order valence-corrected chi connectivity index (χ1v) is 14.9. The number of carbonyl (C=O) groups excluding carboxylic acids is 2. The lowest BCUT2D eigenvalue weighted by Gasteiger charge is -2.36. The van der Waals surface area contributed by atoms with Gasteiger partial charge in [-0.1, -0.05) is 32.1 Å². The molecule has 2 aromatic rings. The number of rotatable bonds is 7. The van der Waals surface area contributed by atoms with Crippen molar-refractivity contribution >= 4 is 44.9 Å². The van der Waals surface area contributed by atoms with Crippen LogP contribution in [0.2, 0.25) is 0 Å². The number of hydrogen-bond donors (Lipinski definition) is 3. The van der Waals surface area contributed by atoms with Crippen LogP contribution >= 0.6 is 11.3 Å². The van der Waals surface area contributed by atoms with Crippen LogP contribution in [0.4, 0.5) is 10.1 Å². The van der Waals surface area contributed by atoms with Crippen LogP contribution in [0.1, 0.15) is 73.9 Å². The van der Waals surface area contributed by atoms with E-state index in [4.69, 9.17) is 5.73 Å². The van der Waals surface area contributed by atoms with Crippen molar-refractivity contribution in [3.8, 4) is 0 Å². The van der Waals surface area contributed by atoms with E-state index in [9.17, 15) is 23.9 Å². The summed E-state index contributed by atoms with van der Waals surface area (Å²) in [5.74, 6) is -0.525. The topological polar surface area (TPSA) is 113 Å². The minimum atomic E-state index is -0.965. The van der Waals surface area contributed by atoms with Gasteiger partial charge >= 0.3 is 5.97 Å². The molecule has 1 aromatic carbocycles. The molecule has 2 saturated carbocycles. The Balaban J connectivity index is 1.34. The highest BCUT2D eigenvalue weighted by molar-refractivity contribution is 7.20. The summed E-state index contributed by atoms with van der Waals surface area (Å²) in [4.78, 5) is 41.1. The molecule has 0 spiro atoms. The molecule has 206 valence electrons. The van der Waals surface area contributed by atoms with Crippen LogP contribution in [0.15, 0.2) is 24.3 Å². The first kappa shape index (κ1) is 27.1. The second kappa shape index (κ2) is 11.7. The predicted molar refractivity (Wildman–Crippen MR) is 147 cm³/mol. The van der Waals surface area contributed by atoms with Gasteiger partial charge in [0.1, 0.15) is 17.6 Å². The smallest absolute Gasteiger partial charge is 0.345 e. The average Bonchev–Trinajstić information content (AvgIpc) is 3.58. The molecule has 2 aliphatic carbocycles. The fourth-order valence-electron chi connectivity index (χ4n) is 7.05. The Morgan fingerprint density at radius 2 is 1.79 bits per heavy atom. The Kier molecular flexibility index (Phi) is 8.33. The van der Waals surface area contributed by atoms with Crippen LogP contribution in [0.5, 0.6) is 0 Å². The number of aromatic carboxylic acids is 1. The molecule has 2 heterocycles. The number of carbonyl (C=O) groups is 3. The Bertz CT molecular complexity index is 1170. The number of fused-ring (bicyclic) bond motifs is 1. The highest BCUT2D eigenvalue weighted by Gasteiger charge is 2.47. The largest absolute Gasteiger partial charge is 0.477 e. The number of benzene rings is 1. The number of nitrogens with one attached hydrogen (secondary N) is 1. The van der Waals surface area contributed by atoms with Gasteiger partial charge < -0.3 is 21.1 Å². The Labute approximate surface area is 226 Å².